The van der Waals surface area contributed by atoms with Gasteiger partial charge in [-0.25, -0.2) is 4.98 Å². The second kappa shape index (κ2) is 8.20. The molecule has 14 heteroatoms. The number of fused-ring (bicyclic) bond motifs is 1. The third kappa shape index (κ3) is 5.46. The van der Waals surface area contributed by atoms with E-state index in [0.717, 1.165) is 0 Å². The lowest BCUT2D eigenvalue weighted by atomic mass is 10.2. The van der Waals surface area contributed by atoms with Crippen molar-refractivity contribution in [1.29, 1.82) is 0 Å². The van der Waals surface area contributed by atoms with Crippen LogP contribution in [0.1, 0.15) is 11.3 Å². The smallest absolute Gasteiger partial charge is 0.446 e. The van der Waals surface area contributed by atoms with E-state index in [4.69, 9.17) is 9.29 Å². The maximum absolute atomic E-state index is 12.7. The summed E-state index contributed by atoms with van der Waals surface area (Å²) < 4.78 is 89.8. The highest BCUT2D eigenvalue weighted by molar-refractivity contribution is 7.84. The Balaban J connectivity index is 1.84. The standard InChI is InChI=1S/C16H14F3N3O6S2/c1-9-11(20-6-5-12(9)27-8-16(17,18)19)7-29(23)15-21-10-3-2-4-13(14(10)22-15)28-30(24,25)26/h2-6H,7-8H2,1H3,(H,21,22)(H,24,25,26)/t29-/m1/s1. The first kappa shape index (κ1) is 22.0. The number of ether oxygens (including phenoxy) is 1. The molecule has 0 aliphatic heterocycles. The average molecular weight is 465 g/mol. The van der Waals surface area contributed by atoms with Gasteiger partial charge in [0, 0.05) is 11.8 Å². The first-order chi connectivity index (χ1) is 13.9. The zero-order valence-corrected chi connectivity index (χ0v) is 16.8. The molecule has 3 aromatic rings. The number of alkyl halides is 3. The lowest BCUT2D eigenvalue weighted by Crippen LogP contribution is -2.20. The molecule has 0 bridgehead atoms. The monoisotopic (exact) mass is 465 g/mol. The van der Waals surface area contributed by atoms with Gasteiger partial charge in [-0.2, -0.15) is 21.6 Å². The molecule has 0 spiro atoms. The van der Waals surface area contributed by atoms with E-state index in [1.54, 1.807) is 0 Å². The first-order valence-electron chi connectivity index (χ1n) is 8.11. The molecule has 0 fully saturated rings. The molecule has 30 heavy (non-hydrogen) atoms. The highest BCUT2D eigenvalue weighted by Crippen LogP contribution is 2.27. The molecule has 0 unspecified atom stereocenters. The van der Waals surface area contributed by atoms with E-state index in [-0.39, 0.29) is 33.6 Å². The molecule has 2 N–H and O–H groups in total. The molecule has 1 aromatic carbocycles. The molecule has 0 amide bonds. The molecule has 0 radical (unpaired) electrons. The van der Waals surface area contributed by atoms with Crippen molar-refractivity contribution >= 4 is 32.2 Å². The molecule has 9 nitrogen and oxygen atoms in total. The summed E-state index contributed by atoms with van der Waals surface area (Å²) in [4.78, 5) is 10.8. The highest BCUT2D eigenvalue weighted by atomic mass is 32.3. The number of aromatic nitrogens is 3. The van der Waals surface area contributed by atoms with Crippen molar-refractivity contribution in [2.45, 2.75) is 24.0 Å². The maximum atomic E-state index is 12.7. The van der Waals surface area contributed by atoms with Crippen molar-refractivity contribution in [1.82, 2.24) is 15.0 Å². The van der Waals surface area contributed by atoms with Crippen molar-refractivity contribution in [2.24, 2.45) is 0 Å². The van der Waals surface area contributed by atoms with Gasteiger partial charge < -0.3 is 13.9 Å². The molecule has 0 aliphatic rings. The number of hydrogen-bond donors (Lipinski definition) is 2. The summed E-state index contributed by atoms with van der Waals surface area (Å²) >= 11 is 0. The Morgan fingerprint density at radius 2 is 1.97 bits per heavy atom. The highest BCUT2D eigenvalue weighted by Gasteiger charge is 2.29. The van der Waals surface area contributed by atoms with Gasteiger partial charge in [0.05, 0.1) is 27.8 Å². The number of halogens is 3. The number of nitrogens with one attached hydrogen (secondary N) is 1. The molecule has 0 saturated heterocycles. The zero-order valence-electron chi connectivity index (χ0n) is 15.1. The number of para-hydroxylation sites is 1. The van der Waals surface area contributed by atoms with Crippen molar-refractivity contribution in [3.8, 4) is 11.5 Å². The Bertz CT molecular complexity index is 1210. The fraction of sp³-hybridized carbons (Fsp3) is 0.250. The number of hydrogen-bond acceptors (Lipinski definition) is 7. The minimum atomic E-state index is -4.79. The average Bonchev–Trinajstić information content (AvgIpc) is 3.06. The molecule has 3 rings (SSSR count). The quantitative estimate of drug-likeness (QED) is 0.509. The lowest BCUT2D eigenvalue weighted by Gasteiger charge is -2.13. The largest absolute Gasteiger partial charge is 0.484 e. The van der Waals surface area contributed by atoms with Crippen LogP contribution in [0.15, 0.2) is 35.6 Å². The van der Waals surface area contributed by atoms with Gasteiger partial charge in [-0.15, -0.1) is 0 Å². The van der Waals surface area contributed by atoms with E-state index in [2.05, 4.69) is 19.1 Å². The number of aromatic amines is 1. The molecule has 2 heterocycles. The van der Waals surface area contributed by atoms with Crippen LogP contribution in [0.4, 0.5) is 13.2 Å². The third-order valence-electron chi connectivity index (χ3n) is 3.78. The minimum absolute atomic E-state index is 0.0189. The van der Waals surface area contributed by atoms with Crippen LogP contribution in [-0.2, 0) is 27.0 Å². The molecule has 1 atom stereocenters. The predicted molar refractivity (Wildman–Crippen MR) is 98.9 cm³/mol. The summed E-state index contributed by atoms with van der Waals surface area (Å²) in [6.07, 6.45) is -3.27. The van der Waals surface area contributed by atoms with Crippen LogP contribution in [0, 0.1) is 6.92 Å². The maximum Gasteiger partial charge on any atom is 0.446 e. The summed E-state index contributed by atoms with van der Waals surface area (Å²) in [5, 5.41) is -0.0424. The normalized spacial score (nSPS) is 13.4. The van der Waals surface area contributed by atoms with Gasteiger partial charge >= 0.3 is 16.6 Å². The number of nitrogens with zero attached hydrogens (tertiary/aromatic N) is 2. The van der Waals surface area contributed by atoms with Crippen molar-refractivity contribution in [3.05, 3.63) is 41.7 Å². The number of benzene rings is 1. The first-order valence-corrected chi connectivity index (χ1v) is 10.8. The summed E-state index contributed by atoms with van der Waals surface area (Å²) in [5.74, 6) is -0.502. The van der Waals surface area contributed by atoms with E-state index in [1.165, 1.54) is 37.4 Å². The topological polar surface area (TPSA) is 131 Å². The van der Waals surface area contributed by atoms with Crippen LogP contribution >= 0.6 is 0 Å². The van der Waals surface area contributed by atoms with Crippen LogP contribution in [0.5, 0.6) is 11.5 Å². The lowest BCUT2D eigenvalue weighted by molar-refractivity contribution is -0.153. The molecule has 0 saturated carbocycles. The molecular formula is C16H14F3N3O6S2. The zero-order chi connectivity index (χ0) is 22.1. The van der Waals surface area contributed by atoms with Crippen molar-refractivity contribution in [2.75, 3.05) is 6.61 Å². The van der Waals surface area contributed by atoms with Crippen LogP contribution in [-0.4, -0.2) is 44.9 Å². The van der Waals surface area contributed by atoms with Gasteiger partial charge in [-0.05, 0) is 25.1 Å². The summed E-state index contributed by atoms with van der Waals surface area (Å²) in [7, 11) is -6.60. The van der Waals surface area contributed by atoms with Crippen LogP contribution in [0.25, 0.3) is 11.0 Å². The van der Waals surface area contributed by atoms with Crippen LogP contribution < -0.4 is 8.92 Å². The van der Waals surface area contributed by atoms with E-state index in [9.17, 15) is 25.8 Å². The summed E-state index contributed by atoms with van der Waals surface area (Å²) in [6.45, 7) is 0.0163. The predicted octanol–water partition coefficient (Wildman–Crippen LogP) is 2.70. The van der Waals surface area contributed by atoms with Gasteiger partial charge in [0.25, 0.3) is 0 Å². The van der Waals surface area contributed by atoms with Crippen molar-refractivity contribution < 1.29 is 39.3 Å². The third-order valence-corrected chi connectivity index (χ3v) is 5.33. The minimum Gasteiger partial charge on any atom is -0.484 e. The number of pyridine rings is 1. The van der Waals surface area contributed by atoms with E-state index >= 15 is 0 Å². The second-order valence-corrected chi connectivity index (χ2v) is 8.37. The molecule has 162 valence electrons. The van der Waals surface area contributed by atoms with Gasteiger partial charge in [-0.1, -0.05) is 6.07 Å². The number of imidazole rings is 1. The van der Waals surface area contributed by atoms with Gasteiger partial charge in [-0.3, -0.25) is 13.7 Å². The molecular weight excluding hydrogens is 451 g/mol. The van der Waals surface area contributed by atoms with Gasteiger partial charge in [0.2, 0.25) is 0 Å². The molecule has 0 aliphatic carbocycles. The number of H-pyrrole nitrogens is 1. The van der Waals surface area contributed by atoms with Crippen LogP contribution in [0.2, 0.25) is 0 Å². The molecule has 2 aromatic heterocycles. The SMILES string of the molecule is Cc1c(OCC(F)(F)F)ccnc1C[S@@](=O)c1nc2c(OS(=O)(=O)O)cccc2[nH]1. The van der Waals surface area contributed by atoms with E-state index in [0.29, 0.717) is 11.1 Å². The van der Waals surface area contributed by atoms with Gasteiger partial charge in [0.1, 0.15) is 11.3 Å². The summed E-state index contributed by atoms with van der Waals surface area (Å²) in [5.41, 5.74) is 0.848. The summed E-state index contributed by atoms with van der Waals surface area (Å²) in [6, 6.07) is 5.47. The number of rotatable bonds is 7. The Morgan fingerprint density at radius 1 is 1.23 bits per heavy atom. The van der Waals surface area contributed by atoms with E-state index < -0.39 is 34.0 Å². The Kier molecular flexibility index (Phi) is 6.01. The Hall–Kier alpha value is -2.71. The second-order valence-electron chi connectivity index (χ2n) is 5.98. The fourth-order valence-corrected chi connectivity index (χ4v) is 3.94. The van der Waals surface area contributed by atoms with Gasteiger partial charge in [0.15, 0.2) is 17.5 Å². The Morgan fingerprint density at radius 3 is 2.63 bits per heavy atom. The Labute approximate surface area is 170 Å². The van der Waals surface area contributed by atoms with Crippen molar-refractivity contribution in [3.63, 3.8) is 0 Å². The fourth-order valence-electron chi connectivity index (χ4n) is 2.48. The van der Waals surface area contributed by atoms with Crippen LogP contribution in [0.3, 0.4) is 0 Å². The van der Waals surface area contributed by atoms with E-state index in [1.807, 2.05) is 0 Å².